The number of rotatable bonds is 2. The Balaban J connectivity index is 2.31. The van der Waals surface area contributed by atoms with Crippen LogP contribution in [0.2, 0.25) is 0 Å². The van der Waals surface area contributed by atoms with Gasteiger partial charge in [0.15, 0.2) is 0 Å². The van der Waals surface area contributed by atoms with Gasteiger partial charge in [-0.05, 0) is 13.8 Å². The maximum absolute atomic E-state index is 4.46. The zero-order valence-electron chi connectivity index (χ0n) is 9.03. The first-order valence-electron chi connectivity index (χ1n) is 5.02. The Kier molecular flexibility index (Phi) is 2.84. The van der Waals surface area contributed by atoms with Crippen molar-refractivity contribution in [3.63, 3.8) is 0 Å². The van der Waals surface area contributed by atoms with Crippen LogP contribution < -0.4 is 5.73 Å². The van der Waals surface area contributed by atoms with Crippen molar-refractivity contribution in [1.82, 2.24) is 4.98 Å². The molecule has 0 aliphatic heterocycles. The van der Waals surface area contributed by atoms with E-state index in [2.05, 4.69) is 47.3 Å². The summed E-state index contributed by atoms with van der Waals surface area (Å²) in [5.74, 6) is 0. The van der Waals surface area contributed by atoms with Crippen molar-refractivity contribution in [2.45, 2.75) is 19.9 Å². The highest BCUT2D eigenvalue weighted by atomic mass is 32.1. The molecule has 0 saturated carbocycles. The molecule has 0 radical (unpaired) electrons. The summed E-state index contributed by atoms with van der Waals surface area (Å²) in [7, 11) is 0. The highest BCUT2D eigenvalue weighted by Crippen LogP contribution is 2.22. The van der Waals surface area contributed by atoms with Crippen LogP contribution in [0.4, 0.5) is 0 Å². The molecule has 78 valence electrons. The van der Waals surface area contributed by atoms with E-state index in [4.69, 9.17) is 0 Å². The first-order chi connectivity index (χ1) is 7.16. The smallest absolute Gasteiger partial charge is 0.107 e. The van der Waals surface area contributed by atoms with Crippen LogP contribution in [0.3, 0.4) is 0 Å². The van der Waals surface area contributed by atoms with Gasteiger partial charge >= 0.3 is 0 Å². The average molecular weight is 219 g/mol. The lowest BCUT2D eigenvalue weighted by Gasteiger charge is -2.03. The molecule has 2 aromatic rings. The summed E-state index contributed by atoms with van der Waals surface area (Å²) in [6.07, 6.45) is 0. The molecule has 2 rings (SSSR count). The van der Waals surface area contributed by atoms with Crippen LogP contribution >= 0.6 is 11.3 Å². The van der Waals surface area contributed by atoms with E-state index in [0.29, 0.717) is 6.04 Å². The largest absolute Gasteiger partial charge is 0.352 e. The number of aryl methyl sites for hydroxylation is 1. The van der Waals surface area contributed by atoms with E-state index in [-0.39, 0.29) is 0 Å². The van der Waals surface area contributed by atoms with Crippen LogP contribution in [0.25, 0.3) is 11.3 Å². The number of aromatic nitrogens is 1. The van der Waals surface area contributed by atoms with Crippen LogP contribution in [0.5, 0.6) is 0 Å². The quantitative estimate of drug-likeness (QED) is 0.828. The minimum absolute atomic E-state index is 0.344. The van der Waals surface area contributed by atoms with Gasteiger partial charge in [0.25, 0.3) is 0 Å². The summed E-state index contributed by atoms with van der Waals surface area (Å²) in [6, 6.07) is 8.83. The molecule has 0 fully saturated rings. The van der Waals surface area contributed by atoms with Gasteiger partial charge < -0.3 is 5.73 Å². The Hall–Kier alpha value is -1.19. The van der Waals surface area contributed by atoms with Crippen LogP contribution in [0, 0.1) is 6.92 Å². The maximum Gasteiger partial charge on any atom is 0.107 e. The monoisotopic (exact) mass is 219 g/mol. The summed E-state index contributed by atoms with van der Waals surface area (Å²) in [6.45, 7) is 4.13. The molecule has 0 saturated heterocycles. The molecule has 3 heteroatoms. The fraction of sp³-hybridized carbons (Fsp3) is 0.250. The number of benzene rings is 1. The summed E-state index contributed by atoms with van der Waals surface area (Å²) < 4.78 is 0. The molecule has 0 amide bonds. The lowest BCUT2D eigenvalue weighted by Crippen LogP contribution is -2.51. The van der Waals surface area contributed by atoms with E-state index in [1.165, 1.54) is 11.1 Å². The Morgan fingerprint density at radius 3 is 2.40 bits per heavy atom. The Bertz CT molecular complexity index is 443. The molecule has 15 heavy (non-hydrogen) atoms. The summed E-state index contributed by atoms with van der Waals surface area (Å²) in [5.41, 5.74) is 7.53. The highest BCUT2D eigenvalue weighted by molar-refractivity contribution is 7.09. The van der Waals surface area contributed by atoms with E-state index >= 15 is 0 Å². The SMILES string of the molecule is Cc1nc(-c2ccc([C@H](C)[NH3+])cc2)cs1. The second-order valence-corrected chi connectivity index (χ2v) is 4.84. The van der Waals surface area contributed by atoms with Crippen molar-refractivity contribution in [1.29, 1.82) is 0 Å². The third-order valence-electron chi connectivity index (χ3n) is 2.39. The predicted molar refractivity (Wildman–Crippen MR) is 63.6 cm³/mol. The van der Waals surface area contributed by atoms with Crippen molar-refractivity contribution >= 4 is 11.3 Å². The van der Waals surface area contributed by atoms with E-state index in [1.807, 2.05) is 6.92 Å². The molecule has 0 spiro atoms. The third kappa shape index (κ3) is 2.25. The van der Waals surface area contributed by atoms with Crippen molar-refractivity contribution in [3.8, 4) is 11.3 Å². The van der Waals surface area contributed by atoms with Gasteiger partial charge in [-0.1, -0.05) is 24.3 Å². The molecule has 2 nitrogen and oxygen atoms in total. The van der Waals surface area contributed by atoms with Crippen molar-refractivity contribution in [2.75, 3.05) is 0 Å². The number of quaternary nitrogens is 1. The summed E-state index contributed by atoms with van der Waals surface area (Å²) in [5, 5.41) is 3.21. The molecular formula is C12H15N2S+. The summed E-state index contributed by atoms with van der Waals surface area (Å²) in [4.78, 5) is 4.46. The zero-order valence-corrected chi connectivity index (χ0v) is 9.84. The molecule has 1 aromatic heterocycles. The average Bonchev–Trinajstić information content (AvgIpc) is 2.65. The van der Waals surface area contributed by atoms with E-state index in [0.717, 1.165) is 10.7 Å². The fourth-order valence-corrected chi connectivity index (χ4v) is 2.10. The van der Waals surface area contributed by atoms with Gasteiger partial charge in [0.1, 0.15) is 6.04 Å². The lowest BCUT2D eigenvalue weighted by atomic mass is 10.1. The summed E-state index contributed by atoms with van der Waals surface area (Å²) >= 11 is 1.69. The molecule has 3 N–H and O–H groups in total. The maximum atomic E-state index is 4.46. The van der Waals surface area contributed by atoms with Gasteiger partial charge in [0.2, 0.25) is 0 Å². The predicted octanol–water partition coefficient (Wildman–Crippen LogP) is 2.42. The van der Waals surface area contributed by atoms with Crippen molar-refractivity contribution < 1.29 is 5.73 Å². The molecule has 0 aliphatic rings. The number of hydrogen-bond donors (Lipinski definition) is 1. The molecule has 0 aliphatic carbocycles. The van der Waals surface area contributed by atoms with Gasteiger partial charge in [0, 0.05) is 16.5 Å². The first-order valence-corrected chi connectivity index (χ1v) is 5.90. The van der Waals surface area contributed by atoms with E-state index < -0.39 is 0 Å². The first kappa shape index (κ1) is 10.3. The van der Waals surface area contributed by atoms with Gasteiger partial charge in [-0.3, -0.25) is 0 Å². The molecule has 0 bridgehead atoms. The lowest BCUT2D eigenvalue weighted by molar-refractivity contribution is -0.420. The topological polar surface area (TPSA) is 40.5 Å². The van der Waals surface area contributed by atoms with E-state index in [9.17, 15) is 0 Å². The Morgan fingerprint density at radius 2 is 1.93 bits per heavy atom. The highest BCUT2D eigenvalue weighted by Gasteiger charge is 2.04. The van der Waals surface area contributed by atoms with Crippen molar-refractivity contribution in [3.05, 3.63) is 40.2 Å². The number of hydrogen-bond acceptors (Lipinski definition) is 2. The van der Waals surface area contributed by atoms with Gasteiger partial charge in [0.05, 0.1) is 10.7 Å². The molecule has 1 heterocycles. The van der Waals surface area contributed by atoms with Crippen LogP contribution in [0.15, 0.2) is 29.6 Å². The second kappa shape index (κ2) is 4.13. The minimum Gasteiger partial charge on any atom is -0.352 e. The minimum atomic E-state index is 0.344. The van der Waals surface area contributed by atoms with Crippen molar-refractivity contribution in [2.24, 2.45) is 0 Å². The number of nitrogens with zero attached hydrogens (tertiary/aromatic N) is 1. The standard InChI is InChI=1S/C12H14N2S/c1-8(13)10-3-5-11(6-4-10)12-7-15-9(2)14-12/h3-8H,13H2,1-2H3/p+1/t8-/m0/s1. The molecule has 0 unspecified atom stereocenters. The number of thiazole rings is 1. The second-order valence-electron chi connectivity index (χ2n) is 3.77. The normalized spacial score (nSPS) is 12.7. The zero-order chi connectivity index (χ0) is 10.8. The van der Waals surface area contributed by atoms with Crippen LogP contribution in [0.1, 0.15) is 23.5 Å². The van der Waals surface area contributed by atoms with Gasteiger partial charge in [-0.15, -0.1) is 11.3 Å². The van der Waals surface area contributed by atoms with Crippen LogP contribution in [-0.4, -0.2) is 4.98 Å². The molecular weight excluding hydrogens is 204 g/mol. The van der Waals surface area contributed by atoms with Gasteiger partial charge in [-0.25, -0.2) is 4.98 Å². The Labute approximate surface area is 93.8 Å². The van der Waals surface area contributed by atoms with Crippen LogP contribution in [-0.2, 0) is 0 Å². The molecule has 1 aromatic carbocycles. The fourth-order valence-electron chi connectivity index (χ4n) is 1.48. The Morgan fingerprint density at radius 1 is 1.27 bits per heavy atom. The third-order valence-corrected chi connectivity index (χ3v) is 3.17. The molecule has 1 atom stereocenters. The van der Waals surface area contributed by atoms with E-state index in [1.54, 1.807) is 11.3 Å². The van der Waals surface area contributed by atoms with Gasteiger partial charge in [-0.2, -0.15) is 0 Å².